The van der Waals surface area contributed by atoms with Crippen LogP contribution in [0.1, 0.15) is 55.5 Å². The highest BCUT2D eigenvalue weighted by atomic mass is 32.1. The zero-order valence-electron chi connectivity index (χ0n) is 13.6. The van der Waals surface area contributed by atoms with Crippen molar-refractivity contribution < 1.29 is 4.79 Å². The lowest BCUT2D eigenvalue weighted by molar-refractivity contribution is -0.121. The summed E-state index contributed by atoms with van der Waals surface area (Å²) in [7, 11) is 0. The summed E-state index contributed by atoms with van der Waals surface area (Å²) < 4.78 is 0. The Labute approximate surface area is 146 Å². The van der Waals surface area contributed by atoms with Gasteiger partial charge in [0.05, 0.1) is 17.1 Å². The fraction of sp³-hybridized carbons (Fsp3) is 0.556. The molecule has 124 valence electrons. The number of thiophene rings is 1. The standard InChI is InChI=1S/C18H24N2OS2/c1-13-16(23-18(20-13)15-8-5-11-22-15)12-19-17(21)10-9-14-6-3-2-4-7-14/h5,8,11,14H,2-4,6-7,9-10,12H2,1H3,(H,19,21). The number of amides is 1. The first-order valence-corrected chi connectivity index (χ1v) is 10.2. The van der Waals surface area contributed by atoms with Crippen LogP contribution in [-0.2, 0) is 11.3 Å². The van der Waals surface area contributed by atoms with Gasteiger partial charge in [0.15, 0.2) is 0 Å². The molecule has 1 aliphatic carbocycles. The van der Waals surface area contributed by atoms with Gasteiger partial charge in [0.1, 0.15) is 5.01 Å². The molecule has 1 amide bonds. The first kappa shape index (κ1) is 16.7. The number of rotatable bonds is 6. The highest BCUT2D eigenvalue weighted by Crippen LogP contribution is 2.31. The van der Waals surface area contributed by atoms with Crippen molar-refractivity contribution in [2.75, 3.05) is 0 Å². The van der Waals surface area contributed by atoms with Crippen LogP contribution in [0.5, 0.6) is 0 Å². The number of carbonyl (C=O) groups excluding carboxylic acids is 1. The summed E-state index contributed by atoms with van der Waals surface area (Å²) >= 11 is 3.40. The molecule has 0 atom stereocenters. The Morgan fingerprint density at radius 1 is 1.35 bits per heavy atom. The zero-order valence-corrected chi connectivity index (χ0v) is 15.3. The Morgan fingerprint density at radius 3 is 2.91 bits per heavy atom. The number of hydrogen-bond donors (Lipinski definition) is 1. The van der Waals surface area contributed by atoms with E-state index in [2.05, 4.69) is 21.7 Å². The fourth-order valence-electron chi connectivity index (χ4n) is 3.18. The van der Waals surface area contributed by atoms with Crippen LogP contribution in [0.15, 0.2) is 17.5 Å². The van der Waals surface area contributed by atoms with Gasteiger partial charge in [-0.2, -0.15) is 0 Å². The van der Waals surface area contributed by atoms with Gasteiger partial charge in [-0.05, 0) is 30.7 Å². The van der Waals surface area contributed by atoms with Crippen LogP contribution in [0.4, 0.5) is 0 Å². The maximum atomic E-state index is 12.1. The topological polar surface area (TPSA) is 42.0 Å². The number of aryl methyl sites for hydroxylation is 1. The highest BCUT2D eigenvalue weighted by Gasteiger charge is 2.15. The van der Waals surface area contributed by atoms with E-state index in [4.69, 9.17) is 0 Å². The Hall–Kier alpha value is -1.20. The van der Waals surface area contributed by atoms with Crippen LogP contribution in [-0.4, -0.2) is 10.9 Å². The Bertz CT molecular complexity index is 627. The minimum absolute atomic E-state index is 0.182. The van der Waals surface area contributed by atoms with E-state index in [1.165, 1.54) is 41.9 Å². The molecule has 2 aromatic heterocycles. The third-order valence-electron chi connectivity index (χ3n) is 4.58. The third kappa shape index (κ3) is 4.64. The molecule has 1 aliphatic rings. The van der Waals surface area contributed by atoms with Gasteiger partial charge < -0.3 is 5.32 Å². The molecule has 0 aliphatic heterocycles. The van der Waals surface area contributed by atoms with Crippen LogP contribution in [0.3, 0.4) is 0 Å². The smallest absolute Gasteiger partial charge is 0.220 e. The van der Waals surface area contributed by atoms with Gasteiger partial charge in [0.2, 0.25) is 5.91 Å². The van der Waals surface area contributed by atoms with Crippen LogP contribution < -0.4 is 5.32 Å². The molecule has 0 spiro atoms. The summed E-state index contributed by atoms with van der Waals surface area (Å²) in [6.07, 6.45) is 8.40. The van der Waals surface area contributed by atoms with Gasteiger partial charge in [-0.3, -0.25) is 4.79 Å². The van der Waals surface area contributed by atoms with Gasteiger partial charge in [0, 0.05) is 11.3 Å². The fourth-order valence-corrected chi connectivity index (χ4v) is 4.97. The molecule has 0 bridgehead atoms. The molecular formula is C18H24N2OS2. The van der Waals surface area contributed by atoms with E-state index in [9.17, 15) is 4.79 Å². The minimum Gasteiger partial charge on any atom is -0.351 e. The van der Waals surface area contributed by atoms with Crippen molar-refractivity contribution in [3.8, 4) is 9.88 Å². The summed E-state index contributed by atoms with van der Waals surface area (Å²) in [5.41, 5.74) is 1.03. The minimum atomic E-state index is 0.182. The van der Waals surface area contributed by atoms with E-state index >= 15 is 0 Å². The van der Waals surface area contributed by atoms with Crippen molar-refractivity contribution in [1.29, 1.82) is 0 Å². The van der Waals surface area contributed by atoms with Crippen LogP contribution in [0.25, 0.3) is 9.88 Å². The van der Waals surface area contributed by atoms with E-state index < -0.39 is 0 Å². The van der Waals surface area contributed by atoms with Crippen molar-refractivity contribution in [3.63, 3.8) is 0 Å². The predicted molar refractivity (Wildman–Crippen MR) is 97.8 cm³/mol. The summed E-state index contributed by atoms with van der Waals surface area (Å²) in [4.78, 5) is 19.1. The molecular weight excluding hydrogens is 324 g/mol. The van der Waals surface area contributed by atoms with Crippen molar-refractivity contribution >= 4 is 28.6 Å². The Balaban J connectivity index is 1.47. The first-order chi connectivity index (χ1) is 11.2. The number of carbonyl (C=O) groups is 1. The molecule has 23 heavy (non-hydrogen) atoms. The first-order valence-electron chi connectivity index (χ1n) is 8.49. The number of thiazole rings is 1. The third-order valence-corrected chi connectivity index (χ3v) is 6.77. The molecule has 0 unspecified atom stereocenters. The average Bonchev–Trinajstić information content (AvgIpc) is 3.21. The molecule has 3 nitrogen and oxygen atoms in total. The van der Waals surface area contributed by atoms with Crippen molar-refractivity contribution in [1.82, 2.24) is 10.3 Å². The number of hydrogen-bond acceptors (Lipinski definition) is 4. The molecule has 5 heteroatoms. The maximum Gasteiger partial charge on any atom is 0.220 e. The molecule has 0 radical (unpaired) electrons. The van der Waals surface area contributed by atoms with Crippen molar-refractivity contribution in [2.45, 2.75) is 58.4 Å². The number of nitrogens with one attached hydrogen (secondary N) is 1. The molecule has 3 rings (SSSR count). The van der Waals surface area contributed by atoms with E-state index in [1.807, 2.05) is 13.0 Å². The van der Waals surface area contributed by atoms with E-state index in [0.717, 1.165) is 23.0 Å². The molecule has 1 fully saturated rings. The lowest BCUT2D eigenvalue weighted by Crippen LogP contribution is -2.23. The van der Waals surface area contributed by atoms with Crippen LogP contribution in [0, 0.1) is 12.8 Å². The zero-order chi connectivity index (χ0) is 16.1. The second-order valence-corrected chi connectivity index (χ2v) is 8.36. The van der Waals surface area contributed by atoms with Gasteiger partial charge in [-0.15, -0.1) is 22.7 Å². The molecule has 1 N–H and O–H groups in total. The molecule has 0 aromatic carbocycles. The van der Waals surface area contributed by atoms with Gasteiger partial charge in [-0.25, -0.2) is 4.98 Å². The largest absolute Gasteiger partial charge is 0.351 e. The number of nitrogens with zero attached hydrogens (tertiary/aromatic N) is 1. The predicted octanol–water partition coefficient (Wildman–Crippen LogP) is 5.16. The quantitative estimate of drug-likeness (QED) is 0.784. The van der Waals surface area contributed by atoms with Gasteiger partial charge in [-0.1, -0.05) is 38.2 Å². The van der Waals surface area contributed by atoms with E-state index in [0.29, 0.717) is 13.0 Å². The second kappa shape index (κ2) is 8.06. The maximum absolute atomic E-state index is 12.1. The summed E-state index contributed by atoms with van der Waals surface area (Å²) in [5.74, 6) is 0.950. The normalized spacial score (nSPS) is 15.7. The van der Waals surface area contributed by atoms with Gasteiger partial charge >= 0.3 is 0 Å². The monoisotopic (exact) mass is 348 g/mol. The van der Waals surface area contributed by atoms with Crippen LogP contribution >= 0.6 is 22.7 Å². The van der Waals surface area contributed by atoms with Crippen molar-refractivity contribution in [2.24, 2.45) is 5.92 Å². The molecule has 1 saturated carbocycles. The lowest BCUT2D eigenvalue weighted by atomic mass is 9.86. The van der Waals surface area contributed by atoms with Gasteiger partial charge in [0.25, 0.3) is 0 Å². The Kier molecular flexibility index (Phi) is 5.84. The average molecular weight is 349 g/mol. The number of aromatic nitrogens is 1. The van der Waals surface area contributed by atoms with Crippen LogP contribution in [0.2, 0.25) is 0 Å². The SMILES string of the molecule is Cc1nc(-c2cccs2)sc1CNC(=O)CCC1CCCCC1. The van der Waals surface area contributed by atoms with E-state index in [-0.39, 0.29) is 5.91 Å². The molecule has 2 aromatic rings. The summed E-state index contributed by atoms with van der Waals surface area (Å²) in [5, 5.41) is 6.20. The lowest BCUT2D eigenvalue weighted by Gasteiger charge is -2.20. The highest BCUT2D eigenvalue weighted by molar-refractivity contribution is 7.21. The van der Waals surface area contributed by atoms with E-state index in [1.54, 1.807) is 22.7 Å². The Morgan fingerprint density at radius 2 is 2.17 bits per heavy atom. The van der Waals surface area contributed by atoms with Crippen molar-refractivity contribution in [3.05, 3.63) is 28.1 Å². The molecule has 2 heterocycles. The molecule has 0 saturated heterocycles. The second-order valence-electron chi connectivity index (χ2n) is 6.32. The summed E-state index contributed by atoms with van der Waals surface area (Å²) in [6.45, 7) is 2.63. The summed E-state index contributed by atoms with van der Waals surface area (Å²) in [6, 6.07) is 4.14.